The molecule has 0 saturated heterocycles. The Morgan fingerprint density at radius 3 is 2.69 bits per heavy atom. The van der Waals surface area contributed by atoms with E-state index in [4.69, 9.17) is 16.3 Å². The molecule has 0 unspecified atom stereocenters. The van der Waals surface area contributed by atoms with E-state index in [0.717, 1.165) is 17.1 Å². The van der Waals surface area contributed by atoms with E-state index < -0.39 is 0 Å². The van der Waals surface area contributed by atoms with Gasteiger partial charge in [0.1, 0.15) is 5.75 Å². The molecule has 2 aromatic rings. The lowest BCUT2D eigenvalue weighted by Crippen LogP contribution is -2.00. The second-order valence-corrected chi connectivity index (χ2v) is 3.46. The molecule has 84 valence electrons. The fraction of sp³-hybridized carbons (Fsp3) is 0.273. The summed E-state index contributed by atoms with van der Waals surface area (Å²) in [4.78, 5) is 0. The maximum absolute atomic E-state index is 5.78. The van der Waals surface area contributed by atoms with Crippen LogP contribution < -0.4 is 4.74 Å². The van der Waals surface area contributed by atoms with Gasteiger partial charge < -0.3 is 4.74 Å². The van der Waals surface area contributed by atoms with Gasteiger partial charge in [-0.2, -0.15) is 0 Å². The van der Waals surface area contributed by atoms with Crippen molar-refractivity contribution in [3.63, 3.8) is 0 Å². The molecule has 2 rings (SSSR count). The highest BCUT2D eigenvalue weighted by molar-refractivity contribution is 6.16. The molecule has 0 spiro atoms. The minimum atomic E-state index is 0.389. The van der Waals surface area contributed by atoms with E-state index in [2.05, 4.69) is 10.3 Å². The van der Waals surface area contributed by atoms with Crippen molar-refractivity contribution in [1.29, 1.82) is 0 Å². The lowest BCUT2D eigenvalue weighted by Gasteiger charge is -2.06. The van der Waals surface area contributed by atoms with Crippen molar-refractivity contribution in [2.75, 3.05) is 6.61 Å². The Kier molecular flexibility index (Phi) is 3.41. The van der Waals surface area contributed by atoms with Gasteiger partial charge in [-0.05, 0) is 31.2 Å². The standard InChI is InChI=1S/C11H12ClN3O/c1-2-16-11-5-3-9(4-6-11)15-10(7-12)8-13-14-15/h3-6,8H,2,7H2,1H3. The van der Waals surface area contributed by atoms with Crippen LogP contribution in [0.4, 0.5) is 0 Å². The van der Waals surface area contributed by atoms with Crippen LogP contribution in [0.3, 0.4) is 0 Å². The monoisotopic (exact) mass is 237 g/mol. The molecule has 1 aromatic carbocycles. The molecule has 5 heteroatoms. The molecule has 0 saturated carbocycles. The topological polar surface area (TPSA) is 39.9 Å². The summed E-state index contributed by atoms with van der Waals surface area (Å²) < 4.78 is 7.07. The molecule has 0 radical (unpaired) electrons. The van der Waals surface area contributed by atoms with E-state index in [1.807, 2.05) is 31.2 Å². The number of hydrogen-bond acceptors (Lipinski definition) is 3. The van der Waals surface area contributed by atoms with E-state index >= 15 is 0 Å². The highest BCUT2D eigenvalue weighted by Gasteiger charge is 2.04. The Hall–Kier alpha value is -1.55. The minimum Gasteiger partial charge on any atom is -0.494 e. The van der Waals surface area contributed by atoms with Gasteiger partial charge in [0.05, 0.1) is 30.1 Å². The van der Waals surface area contributed by atoms with Crippen molar-refractivity contribution in [2.45, 2.75) is 12.8 Å². The van der Waals surface area contributed by atoms with Gasteiger partial charge >= 0.3 is 0 Å². The second kappa shape index (κ2) is 4.99. The summed E-state index contributed by atoms with van der Waals surface area (Å²) in [6.07, 6.45) is 1.66. The van der Waals surface area contributed by atoms with Crippen LogP contribution in [0.5, 0.6) is 5.75 Å². The number of hydrogen-bond donors (Lipinski definition) is 0. The average molecular weight is 238 g/mol. The highest BCUT2D eigenvalue weighted by Crippen LogP contribution is 2.16. The van der Waals surface area contributed by atoms with Gasteiger partial charge in [0, 0.05) is 0 Å². The van der Waals surface area contributed by atoms with Gasteiger partial charge in [-0.15, -0.1) is 16.7 Å². The Balaban J connectivity index is 2.27. The maximum atomic E-state index is 5.78. The van der Waals surface area contributed by atoms with Crippen molar-refractivity contribution < 1.29 is 4.74 Å². The smallest absolute Gasteiger partial charge is 0.119 e. The first-order valence-corrected chi connectivity index (χ1v) is 5.57. The predicted octanol–water partition coefficient (Wildman–Crippen LogP) is 2.40. The minimum absolute atomic E-state index is 0.389. The molecule has 0 N–H and O–H groups in total. The van der Waals surface area contributed by atoms with E-state index in [1.54, 1.807) is 10.9 Å². The first-order valence-electron chi connectivity index (χ1n) is 5.04. The van der Waals surface area contributed by atoms with Crippen molar-refractivity contribution in [1.82, 2.24) is 15.0 Å². The third-order valence-corrected chi connectivity index (χ3v) is 2.42. The Morgan fingerprint density at radius 2 is 2.06 bits per heavy atom. The molecule has 0 amide bonds. The van der Waals surface area contributed by atoms with Crippen molar-refractivity contribution in [2.24, 2.45) is 0 Å². The van der Waals surface area contributed by atoms with Crippen LogP contribution in [-0.2, 0) is 5.88 Å². The first kappa shape index (κ1) is 11.0. The molecule has 1 aromatic heterocycles. The SMILES string of the molecule is CCOc1ccc(-n2nncc2CCl)cc1. The number of alkyl halides is 1. The second-order valence-electron chi connectivity index (χ2n) is 3.20. The molecule has 0 aliphatic carbocycles. The number of ether oxygens (including phenoxy) is 1. The van der Waals surface area contributed by atoms with Gasteiger partial charge in [0.15, 0.2) is 0 Å². The van der Waals surface area contributed by atoms with Crippen LogP contribution in [0, 0.1) is 0 Å². The summed E-state index contributed by atoms with van der Waals surface area (Å²) in [6, 6.07) is 7.66. The van der Waals surface area contributed by atoms with E-state index in [0.29, 0.717) is 12.5 Å². The Morgan fingerprint density at radius 1 is 1.31 bits per heavy atom. The first-order chi connectivity index (χ1) is 7.85. The summed E-state index contributed by atoms with van der Waals surface area (Å²) >= 11 is 5.78. The normalized spacial score (nSPS) is 10.4. The van der Waals surface area contributed by atoms with Crippen LogP contribution in [0.15, 0.2) is 30.5 Å². The van der Waals surface area contributed by atoms with Crippen LogP contribution in [0.25, 0.3) is 5.69 Å². The molecule has 0 bridgehead atoms. The van der Waals surface area contributed by atoms with Crippen molar-refractivity contribution in [3.05, 3.63) is 36.2 Å². The molecule has 0 fully saturated rings. The fourth-order valence-electron chi connectivity index (χ4n) is 1.42. The van der Waals surface area contributed by atoms with E-state index in [-0.39, 0.29) is 0 Å². The van der Waals surface area contributed by atoms with Gasteiger partial charge in [-0.3, -0.25) is 0 Å². The van der Waals surface area contributed by atoms with Crippen LogP contribution in [-0.4, -0.2) is 21.6 Å². The zero-order valence-corrected chi connectivity index (χ0v) is 9.68. The van der Waals surface area contributed by atoms with Crippen LogP contribution in [0.2, 0.25) is 0 Å². The molecule has 1 heterocycles. The third-order valence-electron chi connectivity index (χ3n) is 2.15. The van der Waals surface area contributed by atoms with Gasteiger partial charge in [-0.1, -0.05) is 5.21 Å². The molecule has 4 nitrogen and oxygen atoms in total. The highest BCUT2D eigenvalue weighted by atomic mass is 35.5. The molecule has 0 aliphatic heterocycles. The summed E-state index contributed by atoms with van der Waals surface area (Å²) in [6.45, 7) is 2.62. The summed E-state index contributed by atoms with van der Waals surface area (Å²) in [5.74, 6) is 1.24. The number of aromatic nitrogens is 3. The third kappa shape index (κ3) is 2.17. The molecule has 16 heavy (non-hydrogen) atoms. The summed E-state index contributed by atoms with van der Waals surface area (Å²) in [5.41, 5.74) is 1.79. The zero-order chi connectivity index (χ0) is 11.4. The lowest BCUT2D eigenvalue weighted by atomic mass is 10.3. The van der Waals surface area contributed by atoms with E-state index in [9.17, 15) is 0 Å². The Labute approximate surface area is 98.8 Å². The quantitative estimate of drug-likeness (QED) is 0.767. The number of rotatable bonds is 4. The lowest BCUT2D eigenvalue weighted by molar-refractivity contribution is 0.340. The molecular formula is C11H12ClN3O. The zero-order valence-electron chi connectivity index (χ0n) is 8.93. The van der Waals surface area contributed by atoms with Gasteiger partial charge in [-0.25, -0.2) is 4.68 Å². The van der Waals surface area contributed by atoms with Crippen LogP contribution in [0.1, 0.15) is 12.6 Å². The Bertz CT molecular complexity index is 453. The van der Waals surface area contributed by atoms with E-state index in [1.165, 1.54) is 0 Å². The summed E-state index contributed by atoms with van der Waals surface area (Å²) in [7, 11) is 0. The van der Waals surface area contributed by atoms with Crippen LogP contribution >= 0.6 is 11.6 Å². The maximum Gasteiger partial charge on any atom is 0.119 e. The molecule has 0 atom stereocenters. The fourth-order valence-corrected chi connectivity index (χ4v) is 1.60. The van der Waals surface area contributed by atoms with Crippen molar-refractivity contribution in [3.8, 4) is 11.4 Å². The molecule has 0 aliphatic rings. The number of halogens is 1. The van der Waals surface area contributed by atoms with Crippen molar-refractivity contribution >= 4 is 11.6 Å². The van der Waals surface area contributed by atoms with Gasteiger partial charge in [0.2, 0.25) is 0 Å². The van der Waals surface area contributed by atoms with Gasteiger partial charge in [0.25, 0.3) is 0 Å². The number of benzene rings is 1. The summed E-state index contributed by atoms with van der Waals surface area (Å²) in [5, 5.41) is 7.80. The largest absolute Gasteiger partial charge is 0.494 e. The number of nitrogens with zero attached hydrogens (tertiary/aromatic N) is 3. The molecular weight excluding hydrogens is 226 g/mol. The predicted molar refractivity (Wildman–Crippen MR) is 62.1 cm³/mol. The average Bonchev–Trinajstić information content (AvgIpc) is 2.78.